The minimum atomic E-state index is -0.488. The van der Waals surface area contributed by atoms with Crippen LogP contribution in [0.3, 0.4) is 0 Å². The van der Waals surface area contributed by atoms with Gasteiger partial charge in [-0.2, -0.15) is 0 Å². The number of para-hydroxylation sites is 1. The molecular formula is C23H23NO4. The molecule has 28 heavy (non-hydrogen) atoms. The summed E-state index contributed by atoms with van der Waals surface area (Å²) in [6.07, 6.45) is 3.04. The van der Waals surface area contributed by atoms with Gasteiger partial charge < -0.3 is 14.4 Å². The Balaban J connectivity index is 1.67. The zero-order chi connectivity index (χ0) is 19.7. The molecule has 1 aromatic heterocycles. The zero-order valence-electron chi connectivity index (χ0n) is 15.8. The van der Waals surface area contributed by atoms with E-state index in [4.69, 9.17) is 4.42 Å². The highest BCUT2D eigenvalue weighted by Crippen LogP contribution is 2.25. The van der Waals surface area contributed by atoms with Crippen LogP contribution < -0.4 is 5.63 Å². The molecular weight excluding hydrogens is 354 g/mol. The van der Waals surface area contributed by atoms with Gasteiger partial charge in [0.25, 0.3) is 5.91 Å². The number of fused-ring (bicyclic) bond motifs is 1. The topological polar surface area (TPSA) is 70.8 Å². The Morgan fingerprint density at radius 1 is 1.07 bits per heavy atom. The van der Waals surface area contributed by atoms with E-state index in [-0.39, 0.29) is 11.9 Å². The van der Waals surface area contributed by atoms with Gasteiger partial charge >= 0.3 is 5.63 Å². The standard InChI is InChI=1S/C23H23NO4/c1-24(19-10-3-4-11-20(19)25)22(26)17-9-6-8-15(13-17)18-14-16-7-2-5-12-21(16)28-23(18)27/h2,5-9,12-14,19-20,25H,3-4,10-11H2,1H3/t19-,20+/m1/s1. The zero-order valence-corrected chi connectivity index (χ0v) is 15.8. The summed E-state index contributed by atoms with van der Waals surface area (Å²) in [7, 11) is 1.73. The fraction of sp³-hybridized carbons (Fsp3) is 0.304. The van der Waals surface area contributed by atoms with E-state index in [0.717, 1.165) is 31.1 Å². The molecule has 0 unspecified atom stereocenters. The van der Waals surface area contributed by atoms with Gasteiger partial charge in [-0.15, -0.1) is 0 Å². The first kappa shape index (κ1) is 18.4. The summed E-state index contributed by atoms with van der Waals surface area (Å²) in [5, 5.41) is 11.1. The van der Waals surface area contributed by atoms with Gasteiger partial charge in [0.2, 0.25) is 0 Å². The molecule has 4 rings (SSSR count). The van der Waals surface area contributed by atoms with Crippen LogP contribution in [0, 0.1) is 0 Å². The first-order chi connectivity index (χ1) is 13.5. The highest BCUT2D eigenvalue weighted by atomic mass is 16.4. The Bertz CT molecular complexity index is 1070. The summed E-state index contributed by atoms with van der Waals surface area (Å²) in [5.74, 6) is -0.155. The van der Waals surface area contributed by atoms with Crippen LogP contribution in [0.25, 0.3) is 22.1 Å². The normalized spacial score (nSPS) is 19.5. The van der Waals surface area contributed by atoms with E-state index in [1.807, 2.05) is 18.2 Å². The predicted octanol–water partition coefficient (Wildman–Crippen LogP) is 3.84. The van der Waals surface area contributed by atoms with Gasteiger partial charge in [0, 0.05) is 18.0 Å². The summed E-state index contributed by atoms with van der Waals surface area (Å²) in [4.78, 5) is 27.1. The second kappa shape index (κ2) is 7.60. The van der Waals surface area contributed by atoms with Crippen LogP contribution in [0.1, 0.15) is 36.0 Å². The molecule has 1 fully saturated rings. The number of rotatable bonds is 3. The van der Waals surface area contributed by atoms with Crippen molar-refractivity contribution in [1.82, 2.24) is 4.90 Å². The van der Waals surface area contributed by atoms with Crippen molar-refractivity contribution >= 4 is 16.9 Å². The molecule has 1 aliphatic carbocycles. The third-order valence-electron chi connectivity index (χ3n) is 5.57. The number of carbonyl (C=O) groups excluding carboxylic acids is 1. The molecule has 5 nitrogen and oxygen atoms in total. The summed E-state index contributed by atoms with van der Waals surface area (Å²) in [6.45, 7) is 0. The molecule has 2 atom stereocenters. The summed E-state index contributed by atoms with van der Waals surface area (Å²) in [6, 6.07) is 16.0. The molecule has 2 aromatic carbocycles. The second-order valence-corrected chi connectivity index (χ2v) is 7.40. The van der Waals surface area contributed by atoms with Crippen LogP contribution in [0.15, 0.2) is 63.8 Å². The number of aliphatic hydroxyl groups is 1. The van der Waals surface area contributed by atoms with E-state index >= 15 is 0 Å². The molecule has 0 aliphatic heterocycles. The minimum absolute atomic E-state index is 0.155. The maximum Gasteiger partial charge on any atom is 0.344 e. The first-order valence-corrected chi connectivity index (χ1v) is 9.63. The quantitative estimate of drug-likeness (QED) is 0.704. The van der Waals surface area contributed by atoms with Crippen molar-refractivity contribution in [2.75, 3.05) is 7.05 Å². The summed E-state index contributed by atoms with van der Waals surface area (Å²) >= 11 is 0. The van der Waals surface area contributed by atoms with Crippen LogP contribution in [0.5, 0.6) is 0 Å². The molecule has 1 aliphatic rings. The van der Waals surface area contributed by atoms with Crippen LogP contribution >= 0.6 is 0 Å². The second-order valence-electron chi connectivity index (χ2n) is 7.40. The lowest BCUT2D eigenvalue weighted by Crippen LogP contribution is -2.46. The summed E-state index contributed by atoms with van der Waals surface area (Å²) in [5.41, 5.74) is 1.66. The number of amides is 1. The molecule has 1 saturated carbocycles. The van der Waals surface area contributed by atoms with Crippen molar-refractivity contribution in [2.45, 2.75) is 37.8 Å². The molecule has 1 amide bonds. The van der Waals surface area contributed by atoms with Crippen molar-refractivity contribution in [2.24, 2.45) is 0 Å². The number of carbonyl (C=O) groups is 1. The molecule has 0 spiro atoms. The molecule has 1 N–H and O–H groups in total. The lowest BCUT2D eigenvalue weighted by Gasteiger charge is -2.35. The van der Waals surface area contributed by atoms with E-state index in [2.05, 4.69) is 0 Å². The van der Waals surface area contributed by atoms with Crippen LogP contribution in [0.2, 0.25) is 0 Å². The lowest BCUT2D eigenvalue weighted by molar-refractivity contribution is 0.0268. The Morgan fingerprint density at radius 3 is 2.68 bits per heavy atom. The number of hydrogen-bond donors (Lipinski definition) is 1. The molecule has 0 saturated heterocycles. The molecule has 144 valence electrons. The van der Waals surface area contributed by atoms with Crippen molar-refractivity contribution in [3.05, 3.63) is 70.6 Å². The average molecular weight is 377 g/mol. The van der Waals surface area contributed by atoms with Crippen molar-refractivity contribution < 1.29 is 14.3 Å². The number of nitrogens with zero attached hydrogens (tertiary/aromatic N) is 1. The highest BCUT2D eigenvalue weighted by molar-refractivity contribution is 5.95. The number of benzene rings is 2. The van der Waals surface area contributed by atoms with E-state index in [1.54, 1.807) is 48.3 Å². The molecule has 3 aromatic rings. The smallest absolute Gasteiger partial charge is 0.344 e. The molecule has 0 radical (unpaired) electrons. The van der Waals surface area contributed by atoms with Crippen molar-refractivity contribution in [3.8, 4) is 11.1 Å². The van der Waals surface area contributed by atoms with Crippen LogP contribution in [-0.4, -0.2) is 35.1 Å². The largest absolute Gasteiger partial charge is 0.422 e. The van der Waals surface area contributed by atoms with Gasteiger partial charge in [-0.25, -0.2) is 4.79 Å². The Morgan fingerprint density at radius 2 is 1.86 bits per heavy atom. The Labute approximate surface area is 163 Å². The first-order valence-electron chi connectivity index (χ1n) is 9.63. The van der Waals surface area contributed by atoms with E-state index < -0.39 is 11.7 Å². The fourth-order valence-corrected chi connectivity index (χ4v) is 3.98. The van der Waals surface area contributed by atoms with Gasteiger partial charge in [-0.3, -0.25) is 4.79 Å². The van der Waals surface area contributed by atoms with Crippen molar-refractivity contribution in [1.29, 1.82) is 0 Å². The highest BCUT2D eigenvalue weighted by Gasteiger charge is 2.30. The number of hydrogen-bond acceptors (Lipinski definition) is 4. The van der Waals surface area contributed by atoms with E-state index in [0.29, 0.717) is 22.3 Å². The summed E-state index contributed by atoms with van der Waals surface area (Å²) < 4.78 is 5.42. The monoisotopic (exact) mass is 377 g/mol. The molecule has 1 heterocycles. The Hall–Kier alpha value is -2.92. The third-order valence-corrected chi connectivity index (χ3v) is 5.57. The van der Waals surface area contributed by atoms with Gasteiger partial charge in [-0.05, 0) is 42.7 Å². The average Bonchev–Trinajstić information content (AvgIpc) is 2.72. The van der Waals surface area contributed by atoms with E-state index in [9.17, 15) is 14.7 Å². The SMILES string of the molecule is CN(C(=O)c1cccc(-c2cc3ccccc3oc2=O)c1)[C@@H]1CCCC[C@@H]1O. The number of likely N-dealkylation sites (N-methyl/N-ethyl adjacent to an activating group) is 1. The van der Waals surface area contributed by atoms with E-state index in [1.165, 1.54) is 0 Å². The van der Waals surface area contributed by atoms with Gasteiger partial charge in [0.1, 0.15) is 5.58 Å². The third kappa shape index (κ3) is 3.45. The molecule has 5 heteroatoms. The van der Waals surface area contributed by atoms with Gasteiger partial charge in [0.05, 0.1) is 17.7 Å². The lowest BCUT2D eigenvalue weighted by atomic mass is 9.91. The van der Waals surface area contributed by atoms with Crippen LogP contribution in [0.4, 0.5) is 0 Å². The Kier molecular flexibility index (Phi) is 5.01. The fourth-order valence-electron chi connectivity index (χ4n) is 3.98. The maximum atomic E-state index is 13.0. The van der Waals surface area contributed by atoms with Crippen molar-refractivity contribution in [3.63, 3.8) is 0 Å². The number of aliphatic hydroxyl groups excluding tert-OH is 1. The maximum absolute atomic E-state index is 13.0. The van der Waals surface area contributed by atoms with Gasteiger partial charge in [0.15, 0.2) is 0 Å². The van der Waals surface area contributed by atoms with Gasteiger partial charge in [-0.1, -0.05) is 43.2 Å². The predicted molar refractivity (Wildman–Crippen MR) is 108 cm³/mol. The minimum Gasteiger partial charge on any atom is -0.422 e. The van der Waals surface area contributed by atoms with Crippen LogP contribution in [-0.2, 0) is 0 Å². The molecule has 0 bridgehead atoms.